The van der Waals surface area contributed by atoms with Crippen molar-refractivity contribution in [2.75, 3.05) is 0 Å². The van der Waals surface area contributed by atoms with Crippen LogP contribution < -0.4 is 0 Å². The number of aromatic carboxylic acids is 1. The van der Waals surface area contributed by atoms with Crippen molar-refractivity contribution < 1.29 is 14.3 Å². The number of carboxylic acids is 1. The Bertz CT molecular complexity index is 777. The van der Waals surface area contributed by atoms with E-state index < -0.39 is 5.97 Å². The first-order valence-corrected chi connectivity index (χ1v) is 5.75. The Kier molecular flexibility index (Phi) is 2.56. The molecule has 0 radical (unpaired) electrons. The fourth-order valence-corrected chi connectivity index (χ4v) is 2.11. The van der Waals surface area contributed by atoms with Gasteiger partial charge < -0.3 is 9.67 Å². The molecule has 19 heavy (non-hydrogen) atoms. The Balaban J connectivity index is 2.24. The van der Waals surface area contributed by atoms with Crippen molar-refractivity contribution in [3.8, 4) is 5.69 Å². The molecule has 2 aromatic carbocycles. The average Bonchev–Trinajstić information content (AvgIpc) is 2.81. The van der Waals surface area contributed by atoms with Crippen LogP contribution in [0.4, 0.5) is 4.39 Å². The topological polar surface area (TPSA) is 42.2 Å². The lowest BCUT2D eigenvalue weighted by Crippen LogP contribution is -1.97. The Morgan fingerprint density at radius 1 is 1.11 bits per heavy atom. The number of fused-ring (bicyclic) bond motifs is 1. The molecule has 0 fully saturated rings. The molecule has 94 valence electrons. The zero-order valence-corrected chi connectivity index (χ0v) is 9.88. The van der Waals surface area contributed by atoms with E-state index in [2.05, 4.69) is 0 Å². The summed E-state index contributed by atoms with van der Waals surface area (Å²) in [6.45, 7) is 0. The van der Waals surface area contributed by atoms with Gasteiger partial charge in [0.05, 0.1) is 11.1 Å². The van der Waals surface area contributed by atoms with Gasteiger partial charge in [0.15, 0.2) is 0 Å². The summed E-state index contributed by atoms with van der Waals surface area (Å²) in [5, 5.41) is 9.93. The first-order chi connectivity index (χ1) is 9.15. The van der Waals surface area contributed by atoms with Crippen LogP contribution in [0.1, 0.15) is 10.4 Å². The molecule has 0 atom stereocenters. The van der Waals surface area contributed by atoms with Gasteiger partial charge in [0, 0.05) is 11.9 Å². The highest BCUT2D eigenvalue weighted by molar-refractivity contribution is 5.94. The van der Waals surface area contributed by atoms with E-state index in [1.165, 1.54) is 12.1 Å². The molecule has 0 unspecified atom stereocenters. The van der Waals surface area contributed by atoms with Gasteiger partial charge in [0.2, 0.25) is 0 Å². The number of hydrogen-bond donors (Lipinski definition) is 1. The summed E-state index contributed by atoms with van der Waals surface area (Å²) in [7, 11) is 0. The first kappa shape index (κ1) is 11.5. The number of rotatable bonds is 2. The summed E-state index contributed by atoms with van der Waals surface area (Å²) >= 11 is 0. The minimum absolute atomic E-state index is 0.212. The molecule has 3 aromatic rings. The summed E-state index contributed by atoms with van der Waals surface area (Å²) in [5.41, 5.74) is 1.62. The van der Waals surface area contributed by atoms with Crippen molar-refractivity contribution in [2.45, 2.75) is 0 Å². The molecule has 0 aliphatic carbocycles. The lowest BCUT2D eigenvalue weighted by Gasteiger charge is -2.06. The van der Waals surface area contributed by atoms with Gasteiger partial charge in [-0.25, -0.2) is 9.18 Å². The zero-order valence-electron chi connectivity index (χ0n) is 9.88. The third kappa shape index (κ3) is 1.97. The lowest BCUT2D eigenvalue weighted by atomic mass is 10.1. The normalized spacial score (nSPS) is 10.8. The summed E-state index contributed by atoms with van der Waals surface area (Å²) in [6, 6.07) is 12.9. The van der Waals surface area contributed by atoms with Crippen LogP contribution in [-0.4, -0.2) is 15.6 Å². The number of hydrogen-bond acceptors (Lipinski definition) is 1. The molecular weight excluding hydrogens is 245 g/mol. The van der Waals surface area contributed by atoms with Gasteiger partial charge in [0.1, 0.15) is 5.82 Å². The number of carbonyl (C=O) groups is 1. The van der Waals surface area contributed by atoms with Gasteiger partial charge in [-0.15, -0.1) is 0 Å². The van der Waals surface area contributed by atoms with Crippen LogP contribution in [0, 0.1) is 5.82 Å². The van der Waals surface area contributed by atoms with Crippen LogP contribution in [-0.2, 0) is 0 Å². The third-order valence-corrected chi connectivity index (χ3v) is 3.03. The molecule has 0 saturated carbocycles. The summed E-state index contributed by atoms with van der Waals surface area (Å²) in [6.07, 6.45) is 1.80. The number of halogens is 1. The smallest absolute Gasteiger partial charge is 0.335 e. The Morgan fingerprint density at radius 3 is 2.68 bits per heavy atom. The molecule has 0 saturated heterocycles. The SMILES string of the molecule is O=C(O)c1ccc2ccn(-c3cccc(F)c3)c2c1. The van der Waals surface area contributed by atoms with Gasteiger partial charge in [-0.05, 0) is 41.8 Å². The van der Waals surface area contributed by atoms with Crippen LogP contribution in [0.3, 0.4) is 0 Å². The zero-order chi connectivity index (χ0) is 13.4. The molecule has 3 rings (SSSR count). The predicted molar refractivity (Wildman–Crippen MR) is 70.2 cm³/mol. The van der Waals surface area contributed by atoms with Crippen LogP contribution >= 0.6 is 0 Å². The van der Waals surface area contributed by atoms with E-state index in [4.69, 9.17) is 5.11 Å². The number of nitrogens with zero attached hydrogens (tertiary/aromatic N) is 1. The standard InChI is InChI=1S/C15H10FNO2/c16-12-2-1-3-13(9-12)17-7-6-10-4-5-11(15(18)19)8-14(10)17/h1-9H,(H,18,19). The van der Waals surface area contributed by atoms with Crippen LogP contribution in [0.5, 0.6) is 0 Å². The van der Waals surface area contributed by atoms with E-state index in [1.54, 1.807) is 41.1 Å². The van der Waals surface area contributed by atoms with Crippen LogP contribution in [0.15, 0.2) is 54.7 Å². The van der Waals surface area contributed by atoms with E-state index in [0.29, 0.717) is 5.69 Å². The highest BCUT2D eigenvalue weighted by atomic mass is 19.1. The minimum atomic E-state index is -0.978. The van der Waals surface area contributed by atoms with Gasteiger partial charge in [-0.1, -0.05) is 12.1 Å². The van der Waals surface area contributed by atoms with Gasteiger partial charge in [-0.2, -0.15) is 0 Å². The fraction of sp³-hybridized carbons (Fsp3) is 0. The second kappa shape index (κ2) is 4.24. The molecule has 0 spiro atoms. The molecule has 0 amide bonds. The van der Waals surface area contributed by atoms with Crippen molar-refractivity contribution >= 4 is 16.9 Å². The molecular formula is C15H10FNO2. The second-order valence-corrected chi connectivity index (χ2v) is 4.24. The van der Waals surface area contributed by atoms with Crippen LogP contribution in [0.25, 0.3) is 16.6 Å². The van der Waals surface area contributed by atoms with Crippen molar-refractivity contribution in [2.24, 2.45) is 0 Å². The van der Waals surface area contributed by atoms with Crippen molar-refractivity contribution in [1.82, 2.24) is 4.57 Å². The minimum Gasteiger partial charge on any atom is -0.478 e. The second-order valence-electron chi connectivity index (χ2n) is 4.24. The fourth-order valence-electron chi connectivity index (χ4n) is 2.11. The van der Waals surface area contributed by atoms with Crippen molar-refractivity contribution in [1.29, 1.82) is 0 Å². The number of aromatic nitrogens is 1. The van der Waals surface area contributed by atoms with Gasteiger partial charge in [0.25, 0.3) is 0 Å². The van der Waals surface area contributed by atoms with E-state index in [0.717, 1.165) is 10.9 Å². The average molecular weight is 255 g/mol. The molecule has 1 heterocycles. The van der Waals surface area contributed by atoms with E-state index in [-0.39, 0.29) is 11.4 Å². The number of carboxylic acid groups (broad SMARTS) is 1. The van der Waals surface area contributed by atoms with E-state index in [9.17, 15) is 9.18 Å². The Hall–Kier alpha value is -2.62. The molecule has 4 heteroatoms. The highest BCUT2D eigenvalue weighted by Gasteiger charge is 2.08. The maximum atomic E-state index is 13.3. The lowest BCUT2D eigenvalue weighted by molar-refractivity contribution is 0.0697. The predicted octanol–water partition coefficient (Wildman–Crippen LogP) is 3.47. The van der Waals surface area contributed by atoms with Crippen molar-refractivity contribution in [3.63, 3.8) is 0 Å². The third-order valence-electron chi connectivity index (χ3n) is 3.03. The molecule has 0 aliphatic rings. The monoisotopic (exact) mass is 255 g/mol. The summed E-state index contributed by atoms with van der Waals surface area (Å²) in [5.74, 6) is -1.30. The van der Waals surface area contributed by atoms with Gasteiger partial charge >= 0.3 is 5.97 Å². The maximum Gasteiger partial charge on any atom is 0.335 e. The van der Waals surface area contributed by atoms with Crippen LogP contribution in [0.2, 0.25) is 0 Å². The Morgan fingerprint density at radius 2 is 1.95 bits per heavy atom. The molecule has 1 N–H and O–H groups in total. The van der Waals surface area contributed by atoms with E-state index in [1.807, 2.05) is 6.07 Å². The van der Waals surface area contributed by atoms with Crippen molar-refractivity contribution in [3.05, 3.63) is 66.1 Å². The molecule has 0 bridgehead atoms. The first-order valence-electron chi connectivity index (χ1n) is 5.75. The summed E-state index contributed by atoms with van der Waals surface area (Å²) < 4.78 is 15.0. The highest BCUT2D eigenvalue weighted by Crippen LogP contribution is 2.22. The quantitative estimate of drug-likeness (QED) is 0.761. The molecule has 3 nitrogen and oxygen atoms in total. The van der Waals surface area contributed by atoms with E-state index >= 15 is 0 Å². The Labute approximate surface area is 108 Å². The maximum absolute atomic E-state index is 13.3. The molecule has 1 aromatic heterocycles. The van der Waals surface area contributed by atoms with Gasteiger partial charge in [-0.3, -0.25) is 0 Å². The largest absolute Gasteiger partial charge is 0.478 e. The molecule has 0 aliphatic heterocycles. The number of benzene rings is 2. The summed E-state index contributed by atoms with van der Waals surface area (Å²) in [4.78, 5) is 11.0.